The molecule has 1 aliphatic heterocycles. The quantitative estimate of drug-likeness (QED) is 0.837. The first kappa shape index (κ1) is 17.3. The van der Waals surface area contributed by atoms with Crippen molar-refractivity contribution in [2.45, 2.75) is 18.9 Å². The lowest BCUT2D eigenvalue weighted by Crippen LogP contribution is -2.47. The summed E-state index contributed by atoms with van der Waals surface area (Å²) in [6.45, 7) is 1.79. The van der Waals surface area contributed by atoms with Gasteiger partial charge in [-0.15, -0.1) is 0 Å². The summed E-state index contributed by atoms with van der Waals surface area (Å²) in [6, 6.07) is 9.80. The molecule has 1 fully saturated rings. The Hall–Kier alpha value is -2.52. The van der Waals surface area contributed by atoms with Gasteiger partial charge in [0.2, 0.25) is 5.88 Å². The van der Waals surface area contributed by atoms with Gasteiger partial charge in [0.1, 0.15) is 12.1 Å². The number of hydrogen-bond donors (Lipinski definition) is 0. The van der Waals surface area contributed by atoms with Crippen molar-refractivity contribution in [1.29, 1.82) is 5.26 Å². The van der Waals surface area contributed by atoms with Crippen LogP contribution in [0.5, 0.6) is 5.88 Å². The fourth-order valence-corrected chi connectivity index (χ4v) is 3.38. The van der Waals surface area contributed by atoms with Gasteiger partial charge in [0.25, 0.3) is 0 Å². The molecule has 7 heteroatoms. The number of benzene rings is 1. The normalized spacial score (nSPS) is 17.0. The summed E-state index contributed by atoms with van der Waals surface area (Å²) in [5, 5.41) is 9.75. The SMILES string of the molecule is COc1cc(N(C)C2CCCN(c3cc(Cl)cc(C#N)c3)C2)ncn1. The fraction of sp³-hybridized carbons (Fsp3) is 0.389. The van der Waals surface area contributed by atoms with E-state index in [1.54, 1.807) is 13.2 Å². The molecule has 0 aliphatic carbocycles. The van der Waals surface area contributed by atoms with Gasteiger partial charge in [-0.3, -0.25) is 0 Å². The third kappa shape index (κ3) is 3.94. The monoisotopic (exact) mass is 357 g/mol. The van der Waals surface area contributed by atoms with Gasteiger partial charge in [-0.25, -0.2) is 9.97 Å². The zero-order chi connectivity index (χ0) is 17.8. The van der Waals surface area contributed by atoms with Gasteiger partial charge in [-0.05, 0) is 31.0 Å². The van der Waals surface area contributed by atoms with Crippen molar-refractivity contribution in [3.63, 3.8) is 0 Å². The van der Waals surface area contributed by atoms with E-state index in [0.29, 0.717) is 22.5 Å². The Bertz CT molecular complexity index is 791. The number of halogens is 1. The summed E-state index contributed by atoms with van der Waals surface area (Å²) >= 11 is 6.16. The molecule has 0 spiro atoms. The highest BCUT2D eigenvalue weighted by atomic mass is 35.5. The van der Waals surface area contributed by atoms with Crippen LogP contribution in [-0.4, -0.2) is 43.3 Å². The Labute approximate surface area is 152 Å². The van der Waals surface area contributed by atoms with E-state index >= 15 is 0 Å². The molecule has 6 nitrogen and oxygen atoms in total. The van der Waals surface area contributed by atoms with Gasteiger partial charge < -0.3 is 14.5 Å². The van der Waals surface area contributed by atoms with Gasteiger partial charge in [-0.2, -0.15) is 5.26 Å². The van der Waals surface area contributed by atoms with Gasteiger partial charge >= 0.3 is 0 Å². The number of aromatic nitrogens is 2. The molecule has 0 N–H and O–H groups in total. The Morgan fingerprint density at radius 2 is 2.16 bits per heavy atom. The molecule has 1 aromatic carbocycles. The highest BCUT2D eigenvalue weighted by Gasteiger charge is 2.25. The molecule has 0 saturated carbocycles. The second-order valence-electron chi connectivity index (χ2n) is 6.08. The second kappa shape index (κ2) is 7.58. The molecule has 130 valence electrons. The number of ether oxygens (including phenoxy) is 1. The molecule has 1 atom stereocenters. The molecular weight excluding hydrogens is 338 g/mol. The van der Waals surface area contributed by atoms with E-state index in [9.17, 15) is 0 Å². The van der Waals surface area contributed by atoms with E-state index < -0.39 is 0 Å². The maximum absolute atomic E-state index is 9.16. The van der Waals surface area contributed by atoms with Gasteiger partial charge in [0.05, 0.1) is 18.7 Å². The lowest BCUT2D eigenvalue weighted by atomic mass is 10.0. The Morgan fingerprint density at radius 3 is 2.92 bits per heavy atom. The number of likely N-dealkylation sites (N-methyl/N-ethyl adjacent to an activating group) is 1. The van der Waals surface area contributed by atoms with Crippen molar-refractivity contribution in [3.8, 4) is 11.9 Å². The molecule has 25 heavy (non-hydrogen) atoms. The number of nitrogens with zero attached hydrogens (tertiary/aromatic N) is 5. The van der Waals surface area contributed by atoms with Crippen molar-refractivity contribution < 1.29 is 4.74 Å². The van der Waals surface area contributed by atoms with Crippen LogP contribution in [-0.2, 0) is 0 Å². The van der Waals surface area contributed by atoms with E-state index in [1.165, 1.54) is 6.33 Å². The molecule has 1 unspecified atom stereocenters. The van der Waals surface area contributed by atoms with Crippen molar-refractivity contribution in [3.05, 3.63) is 41.2 Å². The van der Waals surface area contributed by atoms with Crippen molar-refractivity contribution in [2.24, 2.45) is 0 Å². The first-order chi connectivity index (χ1) is 12.1. The number of methoxy groups -OCH3 is 1. The third-order valence-electron chi connectivity index (χ3n) is 4.52. The van der Waals surface area contributed by atoms with E-state index in [2.05, 4.69) is 25.8 Å². The van der Waals surface area contributed by atoms with Crippen LogP contribution in [0, 0.1) is 11.3 Å². The smallest absolute Gasteiger partial charge is 0.218 e. The molecule has 0 radical (unpaired) electrons. The molecule has 2 heterocycles. The summed E-state index contributed by atoms with van der Waals surface area (Å²) in [7, 11) is 3.63. The lowest BCUT2D eigenvalue weighted by Gasteiger charge is -2.39. The molecule has 1 aromatic heterocycles. The molecule has 0 bridgehead atoms. The molecule has 3 rings (SSSR count). The average Bonchev–Trinajstić information content (AvgIpc) is 2.67. The van der Waals surface area contributed by atoms with Crippen LogP contribution in [0.15, 0.2) is 30.6 Å². The standard InChI is InChI=1S/C18H20ClN5O/c1-23(17-9-18(25-2)22-12-21-17)15-4-3-5-24(11-15)16-7-13(10-20)6-14(19)8-16/h6-9,12,15H,3-5,11H2,1-2H3. The topological polar surface area (TPSA) is 65.3 Å². The lowest BCUT2D eigenvalue weighted by molar-refractivity contribution is 0.396. The number of piperidine rings is 1. The summed E-state index contributed by atoms with van der Waals surface area (Å²) in [4.78, 5) is 12.8. The van der Waals surface area contributed by atoms with Gasteiger partial charge in [-0.1, -0.05) is 11.6 Å². The largest absolute Gasteiger partial charge is 0.481 e. The first-order valence-electron chi connectivity index (χ1n) is 8.15. The zero-order valence-electron chi connectivity index (χ0n) is 14.3. The molecule has 1 saturated heterocycles. The van der Waals surface area contributed by atoms with Crippen molar-refractivity contribution in [1.82, 2.24) is 9.97 Å². The Kier molecular flexibility index (Phi) is 5.25. The number of nitriles is 1. The van der Waals surface area contributed by atoms with Crippen LogP contribution in [0.2, 0.25) is 5.02 Å². The molecule has 2 aromatic rings. The minimum absolute atomic E-state index is 0.304. The number of anilines is 2. The average molecular weight is 358 g/mol. The highest BCUT2D eigenvalue weighted by molar-refractivity contribution is 6.31. The first-order valence-corrected chi connectivity index (χ1v) is 8.53. The summed E-state index contributed by atoms with van der Waals surface area (Å²) in [5.41, 5.74) is 1.57. The summed E-state index contributed by atoms with van der Waals surface area (Å²) in [6.07, 6.45) is 3.65. The van der Waals surface area contributed by atoms with Crippen LogP contribution in [0.25, 0.3) is 0 Å². The second-order valence-corrected chi connectivity index (χ2v) is 6.52. The van der Waals surface area contributed by atoms with Crippen LogP contribution >= 0.6 is 11.6 Å². The van der Waals surface area contributed by atoms with Gasteiger partial charge in [0.15, 0.2) is 0 Å². The number of rotatable bonds is 4. The highest BCUT2D eigenvalue weighted by Crippen LogP contribution is 2.28. The van der Waals surface area contributed by atoms with E-state index in [4.69, 9.17) is 21.6 Å². The molecule has 1 aliphatic rings. The minimum Gasteiger partial charge on any atom is -0.481 e. The van der Waals surface area contributed by atoms with Crippen LogP contribution < -0.4 is 14.5 Å². The van der Waals surface area contributed by atoms with Crippen LogP contribution in [0.4, 0.5) is 11.5 Å². The molecule has 0 amide bonds. The maximum Gasteiger partial charge on any atom is 0.218 e. The van der Waals surface area contributed by atoms with E-state index in [-0.39, 0.29) is 0 Å². The summed E-state index contributed by atoms with van der Waals surface area (Å²) < 4.78 is 5.19. The van der Waals surface area contributed by atoms with Crippen LogP contribution in [0.1, 0.15) is 18.4 Å². The maximum atomic E-state index is 9.16. The Morgan fingerprint density at radius 1 is 1.32 bits per heavy atom. The predicted octanol–water partition coefficient (Wildman–Crippen LogP) is 3.12. The predicted molar refractivity (Wildman–Crippen MR) is 98.4 cm³/mol. The van der Waals surface area contributed by atoms with Crippen molar-refractivity contribution >= 4 is 23.1 Å². The van der Waals surface area contributed by atoms with Crippen LogP contribution in [0.3, 0.4) is 0 Å². The fourth-order valence-electron chi connectivity index (χ4n) is 3.15. The molecular formula is C18H20ClN5O. The van der Waals surface area contributed by atoms with E-state index in [0.717, 1.165) is 37.4 Å². The number of hydrogen-bond acceptors (Lipinski definition) is 6. The zero-order valence-corrected chi connectivity index (χ0v) is 15.1. The summed E-state index contributed by atoms with van der Waals surface area (Å²) in [5.74, 6) is 1.39. The third-order valence-corrected chi connectivity index (χ3v) is 4.74. The van der Waals surface area contributed by atoms with E-state index in [1.807, 2.05) is 25.2 Å². The Balaban J connectivity index is 1.79. The minimum atomic E-state index is 0.304. The van der Waals surface area contributed by atoms with Crippen molar-refractivity contribution in [2.75, 3.05) is 37.0 Å². The van der Waals surface area contributed by atoms with Gasteiger partial charge in [0, 0.05) is 43.0 Å².